The van der Waals surface area contributed by atoms with Crippen LogP contribution in [0.1, 0.15) is 0 Å². The minimum Gasteiger partial charge on any atom is -0.310 e. The predicted molar refractivity (Wildman–Crippen MR) is 202 cm³/mol. The largest absolute Gasteiger partial charge is 0.310 e. The molecule has 2 heterocycles. The van der Waals surface area contributed by atoms with Crippen LogP contribution in [-0.4, -0.2) is 4.98 Å². The van der Waals surface area contributed by atoms with E-state index in [1.807, 2.05) is 23.5 Å². The third kappa shape index (κ3) is 4.32. The molecule has 7 aromatic carbocycles. The molecule has 10 rings (SSSR count). The van der Waals surface area contributed by atoms with Gasteiger partial charge < -0.3 is 4.90 Å². The molecule has 0 N–H and O–H groups in total. The van der Waals surface area contributed by atoms with E-state index in [9.17, 15) is 4.39 Å². The molecule has 0 saturated heterocycles. The SMILES string of the molecule is Fc1ccc(-c2nc3c(s2)-c2cccc4cc(N(c5cccc(-c6ccccc6)c5)c5ccc6sc7ccccc7c6c5)cc-3c24)cc1. The van der Waals surface area contributed by atoms with E-state index in [4.69, 9.17) is 4.98 Å². The number of hydrogen-bond donors (Lipinski definition) is 0. The van der Waals surface area contributed by atoms with Crippen LogP contribution in [0.15, 0.2) is 152 Å². The smallest absolute Gasteiger partial charge is 0.124 e. The van der Waals surface area contributed by atoms with Crippen molar-refractivity contribution in [2.75, 3.05) is 4.90 Å². The molecule has 2 nitrogen and oxygen atoms in total. The zero-order valence-corrected chi connectivity index (χ0v) is 27.2. The van der Waals surface area contributed by atoms with Crippen LogP contribution < -0.4 is 4.90 Å². The summed E-state index contributed by atoms with van der Waals surface area (Å²) in [6, 6.07) is 52.6. The Morgan fingerprint density at radius 1 is 0.500 bits per heavy atom. The van der Waals surface area contributed by atoms with Crippen molar-refractivity contribution in [2.24, 2.45) is 0 Å². The number of halogens is 1. The molecule has 5 heteroatoms. The molecule has 0 radical (unpaired) electrons. The Balaban J connectivity index is 1.20. The Morgan fingerprint density at radius 3 is 2.17 bits per heavy atom. The van der Waals surface area contributed by atoms with E-state index in [0.717, 1.165) is 43.8 Å². The van der Waals surface area contributed by atoms with Gasteiger partial charge >= 0.3 is 0 Å². The maximum absolute atomic E-state index is 13.8. The topological polar surface area (TPSA) is 16.1 Å². The molecular formula is C43H25FN2S2. The first-order valence-corrected chi connectivity index (χ1v) is 17.5. The lowest BCUT2D eigenvalue weighted by Gasteiger charge is -2.27. The van der Waals surface area contributed by atoms with Crippen molar-refractivity contribution >= 4 is 70.7 Å². The first-order chi connectivity index (χ1) is 23.7. The molecule has 48 heavy (non-hydrogen) atoms. The minimum atomic E-state index is -0.243. The van der Waals surface area contributed by atoms with Gasteiger partial charge in [-0.05, 0) is 94.7 Å². The molecule has 0 amide bonds. The third-order valence-corrected chi connectivity index (χ3v) is 11.6. The fourth-order valence-corrected chi connectivity index (χ4v) is 9.28. The van der Waals surface area contributed by atoms with Gasteiger partial charge in [-0.1, -0.05) is 78.9 Å². The zero-order valence-electron chi connectivity index (χ0n) is 25.5. The summed E-state index contributed by atoms with van der Waals surface area (Å²) in [4.78, 5) is 8.72. The Hall–Kier alpha value is -5.62. The van der Waals surface area contributed by atoms with Crippen LogP contribution in [0.4, 0.5) is 21.5 Å². The van der Waals surface area contributed by atoms with Gasteiger partial charge in [-0.25, -0.2) is 9.37 Å². The van der Waals surface area contributed by atoms with Gasteiger partial charge in [-0.2, -0.15) is 0 Å². The van der Waals surface area contributed by atoms with Gasteiger partial charge in [-0.3, -0.25) is 0 Å². The van der Waals surface area contributed by atoms with Crippen molar-refractivity contribution < 1.29 is 4.39 Å². The van der Waals surface area contributed by atoms with E-state index in [2.05, 4.69) is 132 Å². The van der Waals surface area contributed by atoms with E-state index < -0.39 is 0 Å². The lowest BCUT2D eigenvalue weighted by molar-refractivity contribution is 0.628. The van der Waals surface area contributed by atoms with E-state index in [1.165, 1.54) is 59.8 Å². The van der Waals surface area contributed by atoms with Gasteiger partial charge in [0.05, 0.1) is 10.6 Å². The molecule has 2 aromatic heterocycles. The van der Waals surface area contributed by atoms with Gasteiger partial charge in [0.15, 0.2) is 0 Å². The highest BCUT2D eigenvalue weighted by molar-refractivity contribution is 7.25. The first kappa shape index (κ1) is 27.5. The number of hydrogen-bond acceptors (Lipinski definition) is 4. The van der Waals surface area contributed by atoms with Crippen LogP contribution in [0.5, 0.6) is 0 Å². The summed E-state index contributed by atoms with van der Waals surface area (Å²) in [5.74, 6) is -0.243. The van der Waals surface area contributed by atoms with Gasteiger partial charge in [-0.15, -0.1) is 22.7 Å². The zero-order chi connectivity index (χ0) is 31.8. The molecule has 226 valence electrons. The third-order valence-electron chi connectivity index (χ3n) is 9.27. The molecule has 0 atom stereocenters. The lowest BCUT2D eigenvalue weighted by atomic mass is 10.0. The number of thiazole rings is 1. The maximum atomic E-state index is 13.8. The number of rotatable bonds is 5. The summed E-state index contributed by atoms with van der Waals surface area (Å²) in [5, 5.41) is 5.85. The molecule has 0 bridgehead atoms. The fraction of sp³-hybridized carbons (Fsp3) is 0. The van der Waals surface area contributed by atoms with Crippen molar-refractivity contribution in [1.29, 1.82) is 0 Å². The highest BCUT2D eigenvalue weighted by Crippen LogP contribution is 2.53. The highest BCUT2D eigenvalue weighted by Gasteiger charge is 2.28. The lowest BCUT2D eigenvalue weighted by Crippen LogP contribution is -2.10. The number of anilines is 3. The van der Waals surface area contributed by atoms with Crippen LogP contribution >= 0.6 is 22.7 Å². The second-order valence-corrected chi connectivity index (χ2v) is 14.2. The quantitative estimate of drug-likeness (QED) is 0.184. The highest BCUT2D eigenvalue weighted by atomic mass is 32.1. The molecule has 0 spiro atoms. The van der Waals surface area contributed by atoms with Crippen LogP contribution in [0.3, 0.4) is 0 Å². The summed E-state index contributed by atoms with van der Waals surface area (Å²) in [7, 11) is 0. The standard InChI is InChI=1S/C43H25FN2S2/c44-30-18-16-27(17-19-30)43-45-41-37-25-33(23-29-11-7-14-35(40(29)37)42(41)48-43)46(31-12-6-10-28(22-31)26-8-2-1-3-9-26)32-20-21-39-36(24-32)34-13-4-5-15-38(34)47-39/h1-25H. The molecule has 0 aliphatic heterocycles. The molecule has 9 aromatic rings. The van der Waals surface area contributed by atoms with Gasteiger partial charge in [0, 0.05) is 53.9 Å². The Bertz CT molecular complexity index is 2690. The molecular weight excluding hydrogens is 628 g/mol. The van der Waals surface area contributed by atoms with Crippen molar-refractivity contribution in [3.63, 3.8) is 0 Å². The maximum Gasteiger partial charge on any atom is 0.124 e. The van der Waals surface area contributed by atoms with Crippen LogP contribution in [-0.2, 0) is 0 Å². The van der Waals surface area contributed by atoms with Crippen molar-refractivity contribution in [2.45, 2.75) is 0 Å². The monoisotopic (exact) mass is 652 g/mol. The molecule has 0 unspecified atom stereocenters. The van der Waals surface area contributed by atoms with Gasteiger partial charge in [0.1, 0.15) is 10.8 Å². The first-order valence-electron chi connectivity index (χ1n) is 15.9. The van der Waals surface area contributed by atoms with E-state index >= 15 is 0 Å². The van der Waals surface area contributed by atoms with E-state index in [-0.39, 0.29) is 5.82 Å². The van der Waals surface area contributed by atoms with Crippen LogP contribution in [0.2, 0.25) is 0 Å². The predicted octanol–water partition coefficient (Wildman–Crippen LogP) is 13.3. The summed E-state index contributed by atoms with van der Waals surface area (Å²) < 4.78 is 16.3. The van der Waals surface area contributed by atoms with Crippen LogP contribution in [0.25, 0.3) is 74.3 Å². The summed E-state index contributed by atoms with van der Waals surface area (Å²) in [5.41, 5.74) is 9.86. The second-order valence-electron chi connectivity index (χ2n) is 12.1. The van der Waals surface area contributed by atoms with Crippen molar-refractivity contribution in [3.05, 3.63) is 157 Å². The van der Waals surface area contributed by atoms with E-state index in [1.54, 1.807) is 11.3 Å². The number of thiophene rings is 1. The normalized spacial score (nSPS) is 11.9. The fourth-order valence-electron chi connectivity index (χ4n) is 7.07. The Kier molecular flexibility index (Phi) is 6.13. The van der Waals surface area contributed by atoms with Crippen molar-refractivity contribution in [1.82, 2.24) is 4.98 Å². The summed E-state index contributed by atoms with van der Waals surface area (Å²) >= 11 is 3.51. The molecule has 1 aliphatic rings. The molecule has 0 saturated carbocycles. The number of benzene rings is 7. The van der Waals surface area contributed by atoms with E-state index in [0.29, 0.717) is 0 Å². The number of nitrogens with zero attached hydrogens (tertiary/aromatic N) is 2. The molecule has 1 aliphatic carbocycles. The molecule has 0 fully saturated rings. The second kappa shape index (κ2) is 10.7. The number of aromatic nitrogens is 1. The van der Waals surface area contributed by atoms with Crippen LogP contribution in [0, 0.1) is 5.82 Å². The summed E-state index contributed by atoms with van der Waals surface area (Å²) in [6.45, 7) is 0. The average molecular weight is 653 g/mol. The Morgan fingerprint density at radius 2 is 1.27 bits per heavy atom. The Labute approximate surface area is 284 Å². The van der Waals surface area contributed by atoms with Crippen molar-refractivity contribution in [3.8, 4) is 43.4 Å². The summed E-state index contributed by atoms with van der Waals surface area (Å²) in [6.07, 6.45) is 0. The van der Waals surface area contributed by atoms with Gasteiger partial charge in [0.2, 0.25) is 0 Å². The van der Waals surface area contributed by atoms with Gasteiger partial charge in [0.25, 0.3) is 0 Å². The average Bonchev–Trinajstić information content (AvgIpc) is 3.82. The minimum absolute atomic E-state index is 0.243. The number of fused-ring (bicyclic) bond motifs is 6.